The van der Waals surface area contributed by atoms with Gasteiger partial charge in [0.15, 0.2) is 5.17 Å². The number of nitrogens with zero attached hydrogens (tertiary/aromatic N) is 3. The first-order valence-electron chi connectivity index (χ1n) is 12.7. The molecule has 39 heavy (non-hydrogen) atoms. The fourth-order valence-electron chi connectivity index (χ4n) is 4.56. The summed E-state index contributed by atoms with van der Waals surface area (Å²) in [6.45, 7) is 4.03. The van der Waals surface area contributed by atoms with E-state index in [9.17, 15) is 9.59 Å². The molecular formula is C30H30N4O4S. The molecule has 9 heteroatoms. The Morgan fingerprint density at radius 1 is 1.00 bits per heavy atom. The van der Waals surface area contributed by atoms with Gasteiger partial charge in [-0.05, 0) is 49.7 Å². The minimum absolute atomic E-state index is 0.0215. The van der Waals surface area contributed by atoms with Crippen LogP contribution in [0.4, 0.5) is 5.69 Å². The Labute approximate surface area is 232 Å². The van der Waals surface area contributed by atoms with E-state index in [2.05, 4.69) is 34.6 Å². The number of aryl methyl sites for hydroxylation is 2. The van der Waals surface area contributed by atoms with Crippen molar-refractivity contribution in [3.63, 3.8) is 0 Å². The van der Waals surface area contributed by atoms with E-state index in [1.165, 1.54) is 11.8 Å². The molecule has 3 aromatic rings. The van der Waals surface area contributed by atoms with Crippen molar-refractivity contribution in [1.82, 2.24) is 5.01 Å². The highest BCUT2D eigenvalue weighted by molar-refractivity contribution is 8.15. The van der Waals surface area contributed by atoms with Gasteiger partial charge in [0.2, 0.25) is 5.91 Å². The number of carbonyl (C=O) groups excluding carboxylic acids is 2. The van der Waals surface area contributed by atoms with Gasteiger partial charge in [0.25, 0.3) is 5.91 Å². The number of nitrogens with one attached hydrogen (secondary N) is 1. The van der Waals surface area contributed by atoms with Crippen molar-refractivity contribution < 1.29 is 19.1 Å². The molecule has 200 valence electrons. The Kier molecular flexibility index (Phi) is 7.70. The first-order chi connectivity index (χ1) is 18.8. The molecule has 0 fully saturated rings. The van der Waals surface area contributed by atoms with Crippen LogP contribution in [0.15, 0.2) is 76.8 Å². The molecule has 8 nitrogen and oxygen atoms in total. The standard InChI is InChI=1S/C30H30N4O4S/c1-18-5-9-20(10-6-18)25-16-24(23-15-22(37-3)13-14-26(23)38-4)33-34(25)30-32-29(36)27(39-30)17-28(35)31-21-11-7-19(2)8-12-21/h5-15,25,27H,16-17H2,1-4H3,(H,31,35). The van der Waals surface area contributed by atoms with E-state index in [4.69, 9.17) is 14.6 Å². The van der Waals surface area contributed by atoms with Crippen molar-refractivity contribution in [2.75, 3.05) is 19.5 Å². The van der Waals surface area contributed by atoms with Crippen molar-refractivity contribution in [3.05, 3.63) is 89.0 Å². The first kappa shape index (κ1) is 26.5. The van der Waals surface area contributed by atoms with E-state index >= 15 is 0 Å². The van der Waals surface area contributed by atoms with Gasteiger partial charge in [0, 0.05) is 24.1 Å². The summed E-state index contributed by atoms with van der Waals surface area (Å²) in [4.78, 5) is 30.0. The zero-order valence-electron chi connectivity index (χ0n) is 22.3. The third kappa shape index (κ3) is 5.83. The maximum atomic E-state index is 12.9. The van der Waals surface area contributed by atoms with Crippen LogP contribution in [-0.4, -0.2) is 47.2 Å². The van der Waals surface area contributed by atoms with E-state index in [1.54, 1.807) is 19.2 Å². The third-order valence-electron chi connectivity index (χ3n) is 6.72. The maximum absolute atomic E-state index is 12.9. The number of hydrazone groups is 1. The summed E-state index contributed by atoms with van der Waals surface area (Å²) in [7, 11) is 3.24. The predicted molar refractivity (Wildman–Crippen MR) is 155 cm³/mol. The molecule has 0 saturated carbocycles. The lowest BCUT2D eigenvalue weighted by molar-refractivity contribution is -0.121. The van der Waals surface area contributed by atoms with Gasteiger partial charge >= 0.3 is 0 Å². The van der Waals surface area contributed by atoms with Gasteiger partial charge in [-0.2, -0.15) is 10.1 Å². The number of ether oxygens (including phenoxy) is 2. The molecule has 0 bridgehead atoms. The highest BCUT2D eigenvalue weighted by Crippen LogP contribution is 2.40. The number of hydrogen-bond donors (Lipinski definition) is 1. The average Bonchev–Trinajstić information content (AvgIpc) is 3.54. The van der Waals surface area contributed by atoms with Crippen molar-refractivity contribution in [2.45, 2.75) is 38.0 Å². The number of benzene rings is 3. The van der Waals surface area contributed by atoms with Crippen molar-refractivity contribution in [2.24, 2.45) is 10.1 Å². The normalized spacial score (nSPS) is 18.6. The second-order valence-electron chi connectivity index (χ2n) is 9.55. The van der Waals surface area contributed by atoms with Crippen LogP contribution in [0.1, 0.15) is 41.1 Å². The number of amides is 2. The molecule has 5 rings (SSSR count). The molecule has 1 N–H and O–H groups in total. The van der Waals surface area contributed by atoms with Gasteiger partial charge in [-0.15, -0.1) is 0 Å². The molecule has 0 radical (unpaired) electrons. The van der Waals surface area contributed by atoms with Crippen LogP contribution in [0, 0.1) is 13.8 Å². The number of carbonyl (C=O) groups is 2. The van der Waals surface area contributed by atoms with E-state index in [0.29, 0.717) is 28.8 Å². The number of anilines is 1. The highest BCUT2D eigenvalue weighted by Gasteiger charge is 2.39. The van der Waals surface area contributed by atoms with Crippen molar-refractivity contribution in [3.8, 4) is 11.5 Å². The monoisotopic (exact) mass is 542 g/mol. The molecule has 0 aromatic heterocycles. The Morgan fingerprint density at radius 2 is 1.69 bits per heavy atom. The lowest BCUT2D eigenvalue weighted by atomic mass is 9.97. The predicted octanol–water partition coefficient (Wildman–Crippen LogP) is 5.50. The third-order valence-corrected chi connectivity index (χ3v) is 7.86. The highest BCUT2D eigenvalue weighted by atomic mass is 32.2. The van der Waals surface area contributed by atoms with Crippen LogP contribution in [-0.2, 0) is 9.59 Å². The molecule has 2 amide bonds. The van der Waals surface area contributed by atoms with Crippen LogP contribution >= 0.6 is 11.8 Å². The van der Waals surface area contributed by atoms with Gasteiger partial charge in [0.1, 0.15) is 16.7 Å². The fourth-order valence-corrected chi connectivity index (χ4v) is 5.62. The van der Waals surface area contributed by atoms with Gasteiger partial charge in [-0.3, -0.25) is 9.59 Å². The molecule has 2 heterocycles. The molecule has 2 aliphatic rings. The first-order valence-corrected chi connectivity index (χ1v) is 13.5. The topological polar surface area (TPSA) is 92.6 Å². The minimum Gasteiger partial charge on any atom is -0.497 e. The average molecular weight is 543 g/mol. The van der Waals surface area contributed by atoms with Crippen LogP contribution in [0.2, 0.25) is 0 Å². The molecular weight excluding hydrogens is 512 g/mol. The van der Waals surface area contributed by atoms with Crippen LogP contribution < -0.4 is 14.8 Å². The minimum atomic E-state index is -0.616. The largest absolute Gasteiger partial charge is 0.497 e. The van der Waals surface area contributed by atoms with Crippen LogP contribution in [0.3, 0.4) is 0 Å². The zero-order chi connectivity index (χ0) is 27.5. The number of thioether (sulfide) groups is 1. The number of aliphatic imine (C=N–C) groups is 1. The zero-order valence-corrected chi connectivity index (χ0v) is 23.1. The van der Waals surface area contributed by atoms with Gasteiger partial charge in [-0.1, -0.05) is 59.3 Å². The summed E-state index contributed by atoms with van der Waals surface area (Å²) in [5.41, 5.74) is 5.63. The number of rotatable bonds is 7. The fraction of sp³-hybridized carbons (Fsp3) is 0.267. The smallest absolute Gasteiger partial charge is 0.262 e. The number of hydrogen-bond acceptors (Lipinski definition) is 7. The molecule has 0 aliphatic carbocycles. The van der Waals surface area contributed by atoms with Crippen molar-refractivity contribution >= 4 is 40.1 Å². The maximum Gasteiger partial charge on any atom is 0.262 e. The molecule has 0 saturated heterocycles. The van der Waals surface area contributed by atoms with E-state index < -0.39 is 5.25 Å². The van der Waals surface area contributed by atoms with Crippen LogP contribution in [0.5, 0.6) is 11.5 Å². The molecule has 2 atom stereocenters. The summed E-state index contributed by atoms with van der Waals surface area (Å²) in [5, 5.41) is 9.48. The quantitative estimate of drug-likeness (QED) is 0.424. The Balaban J connectivity index is 1.40. The second kappa shape index (κ2) is 11.3. The number of methoxy groups -OCH3 is 2. The van der Waals surface area contributed by atoms with E-state index in [0.717, 1.165) is 28.0 Å². The molecule has 0 spiro atoms. The molecule has 3 aromatic carbocycles. The van der Waals surface area contributed by atoms with Gasteiger partial charge < -0.3 is 14.8 Å². The van der Waals surface area contributed by atoms with E-state index in [1.807, 2.05) is 56.3 Å². The summed E-state index contributed by atoms with van der Waals surface area (Å²) >= 11 is 1.28. The Bertz CT molecular complexity index is 1450. The lowest BCUT2D eigenvalue weighted by Gasteiger charge is -2.23. The van der Waals surface area contributed by atoms with Crippen molar-refractivity contribution in [1.29, 1.82) is 0 Å². The number of amidine groups is 1. The van der Waals surface area contributed by atoms with E-state index in [-0.39, 0.29) is 24.3 Å². The van der Waals surface area contributed by atoms with Gasteiger partial charge in [0.05, 0.1) is 26.0 Å². The Hall–Kier alpha value is -4.11. The molecule has 2 unspecified atom stereocenters. The summed E-state index contributed by atoms with van der Waals surface area (Å²) < 4.78 is 11.1. The Morgan fingerprint density at radius 3 is 2.36 bits per heavy atom. The lowest BCUT2D eigenvalue weighted by Crippen LogP contribution is -2.25. The van der Waals surface area contributed by atoms with Gasteiger partial charge in [-0.25, -0.2) is 5.01 Å². The SMILES string of the molecule is COc1ccc(OC)c(C2=NN(C3=NC(=O)C(CC(=O)Nc4ccc(C)cc4)S3)C(c3ccc(C)cc3)C2)c1. The molecule has 2 aliphatic heterocycles. The van der Waals surface area contributed by atoms with Crippen LogP contribution in [0.25, 0.3) is 0 Å². The second-order valence-corrected chi connectivity index (χ2v) is 10.7. The summed E-state index contributed by atoms with van der Waals surface area (Å²) in [6, 6.07) is 21.2. The summed E-state index contributed by atoms with van der Waals surface area (Å²) in [6.07, 6.45) is 0.604. The summed E-state index contributed by atoms with van der Waals surface area (Å²) in [5.74, 6) is 0.810.